The summed E-state index contributed by atoms with van der Waals surface area (Å²) in [5, 5.41) is 8.45. The van der Waals surface area contributed by atoms with Crippen molar-refractivity contribution in [2.75, 3.05) is 0 Å². The van der Waals surface area contributed by atoms with Gasteiger partial charge in [-0.25, -0.2) is 0 Å². The second-order valence-electron chi connectivity index (χ2n) is 9.96. The standard InChI is InChI=1S/C30H58N/c1-2-3-4-5-6-7-8-9-10-11-12-13-14-15-16-17-18-19-20-21-22-23-24-25-26-27-28-29-30-31/h29H,2-28H2,1H3. The molecule has 0 fully saturated rings. The van der Waals surface area contributed by atoms with Gasteiger partial charge in [0.2, 0.25) is 0 Å². The molecule has 0 rings (SSSR count). The highest BCUT2D eigenvalue weighted by atomic mass is 14.2. The Hall–Kier alpha value is -0.510. The maximum atomic E-state index is 8.45. The van der Waals surface area contributed by atoms with Gasteiger partial charge in [0.05, 0.1) is 12.5 Å². The minimum absolute atomic E-state index is 0.982. The molecule has 183 valence electrons. The minimum atomic E-state index is 0.982. The van der Waals surface area contributed by atoms with Crippen LogP contribution in [0.25, 0.3) is 0 Å². The van der Waals surface area contributed by atoms with Crippen molar-refractivity contribution in [3.63, 3.8) is 0 Å². The predicted octanol–water partition coefficient (Wildman–Crippen LogP) is 11.3. The first kappa shape index (κ1) is 30.5. The fourth-order valence-corrected chi connectivity index (χ4v) is 4.63. The van der Waals surface area contributed by atoms with E-state index in [2.05, 4.69) is 13.0 Å². The van der Waals surface area contributed by atoms with Crippen LogP contribution in [-0.4, -0.2) is 0 Å². The molecule has 0 saturated heterocycles. The van der Waals surface area contributed by atoms with Gasteiger partial charge in [-0.2, -0.15) is 5.26 Å². The summed E-state index contributed by atoms with van der Waals surface area (Å²) in [7, 11) is 0. The summed E-state index contributed by atoms with van der Waals surface area (Å²) in [5.74, 6) is 0. The highest BCUT2D eigenvalue weighted by Gasteiger charge is 1.96. The van der Waals surface area contributed by atoms with E-state index in [9.17, 15) is 0 Å². The number of unbranched alkanes of at least 4 members (excludes halogenated alkanes) is 27. The molecule has 0 atom stereocenters. The lowest BCUT2D eigenvalue weighted by Gasteiger charge is -2.04. The molecular weight excluding hydrogens is 374 g/mol. The van der Waals surface area contributed by atoms with Gasteiger partial charge in [0, 0.05) is 0 Å². The molecule has 0 aliphatic rings. The summed E-state index contributed by atoms with van der Waals surface area (Å²) < 4.78 is 0. The Morgan fingerprint density at radius 2 is 0.613 bits per heavy atom. The molecule has 0 aromatic rings. The van der Waals surface area contributed by atoms with Crippen LogP contribution in [0, 0.1) is 17.8 Å². The number of hydrogen-bond donors (Lipinski definition) is 0. The summed E-state index contributed by atoms with van der Waals surface area (Å²) in [5.41, 5.74) is 0. The van der Waals surface area contributed by atoms with Crippen LogP contribution in [0.2, 0.25) is 0 Å². The first-order chi connectivity index (χ1) is 15.4. The van der Waals surface area contributed by atoms with E-state index in [0.29, 0.717) is 0 Å². The molecule has 31 heavy (non-hydrogen) atoms. The van der Waals surface area contributed by atoms with E-state index in [-0.39, 0.29) is 0 Å². The topological polar surface area (TPSA) is 23.8 Å². The lowest BCUT2D eigenvalue weighted by atomic mass is 10.0. The van der Waals surface area contributed by atoms with Crippen LogP contribution in [-0.2, 0) is 0 Å². The Kier molecular flexibility index (Phi) is 29.0. The van der Waals surface area contributed by atoms with E-state index in [1.165, 1.54) is 167 Å². The lowest BCUT2D eigenvalue weighted by molar-refractivity contribution is 0.515. The molecule has 0 bridgehead atoms. The monoisotopic (exact) mass is 432 g/mol. The Morgan fingerprint density at radius 3 is 0.839 bits per heavy atom. The van der Waals surface area contributed by atoms with E-state index in [4.69, 9.17) is 5.26 Å². The maximum absolute atomic E-state index is 8.45. The maximum Gasteiger partial charge on any atom is 0.0669 e. The lowest BCUT2D eigenvalue weighted by Crippen LogP contribution is -1.85. The number of nitriles is 1. The fraction of sp³-hybridized carbons (Fsp3) is 0.933. The van der Waals surface area contributed by atoms with Gasteiger partial charge in [-0.1, -0.05) is 174 Å². The summed E-state index contributed by atoms with van der Waals surface area (Å²) in [4.78, 5) is 0. The molecule has 1 heteroatoms. The van der Waals surface area contributed by atoms with Gasteiger partial charge in [0.1, 0.15) is 0 Å². The van der Waals surface area contributed by atoms with E-state index >= 15 is 0 Å². The predicted molar refractivity (Wildman–Crippen MR) is 140 cm³/mol. The van der Waals surface area contributed by atoms with Crippen LogP contribution in [0.5, 0.6) is 0 Å². The highest BCUT2D eigenvalue weighted by molar-refractivity contribution is 4.90. The number of hydrogen-bond acceptors (Lipinski definition) is 1. The summed E-state index contributed by atoms with van der Waals surface area (Å²) in [6, 6.07) is 2.11. The third-order valence-corrected chi connectivity index (χ3v) is 6.79. The highest BCUT2D eigenvalue weighted by Crippen LogP contribution is 2.16. The minimum Gasteiger partial charge on any atom is -0.198 e. The van der Waals surface area contributed by atoms with Crippen LogP contribution >= 0.6 is 0 Å². The smallest absolute Gasteiger partial charge is 0.0669 e. The Morgan fingerprint density at radius 1 is 0.387 bits per heavy atom. The zero-order chi connectivity index (χ0) is 22.5. The van der Waals surface area contributed by atoms with E-state index in [0.717, 1.165) is 6.42 Å². The molecule has 0 N–H and O–H groups in total. The van der Waals surface area contributed by atoms with Crippen molar-refractivity contribution >= 4 is 0 Å². The second-order valence-corrected chi connectivity index (χ2v) is 9.96. The van der Waals surface area contributed by atoms with Crippen molar-refractivity contribution < 1.29 is 0 Å². The van der Waals surface area contributed by atoms with Crippen LogP contribution < -0.4 is 0 Å². The third-order valence-electron chi connectivity index (χ3n) is 6.79. The van der Waals surface area contributed by atoms with Crippen LogP contribution in [0.15, 0.2) is 0 Å². The van der Waals surface area contributed by atoms with E-state index in [1.807, 2.05) is 0 Å². The van der Waals surface area contributed by atoms with Crippen LogP contribution in [0.1, 0.15) is 180 Å². The molecular formula is C30H58N. The fourth-order valence-electron chi connectivity index (χ4n) is 4.63. The number of nitrogens with zero attached hydrogens (tertiary/aromatic N) is 1. The van der Waals surface area contributed by atoms with Crippen molar-refractivity contribution in [2.24, 2.45) is 0 Å². The Labute approximate surface area is 198 Å². The molecule has 0 aromatic carbocycles. The van der Waals surface area contributed by atoms with Gasteiger partial charge in [0.25, 0.3) is 0 Å². The zero-order valence-electron chi connectivity index (χ0n) is 21.6. The van der Waals surface area contributed by atoms with Gasteiger partial charge >= 0.3 is 0 Å². The molecule has 0 spiro atoms. The third kappa shape index (κ3) is 29.5. The molecule has 1 radical (unpaired) electrons. The summed E-state index contributed by atoms with van der Waals surface area (Å²) in [6.45, 7) is 2.30. The van der Waals surface area contributed by atoms with Gasteiger partial charge in [0.15, 0.2) is 0 Å². The van der Waals surface area contributed by atoms with Gasteiger partial charge in [-0.15, -0.1) is 0 Å². The Balaban J connectivity index is 2.99. The average Bonchev–Trinajstić information content (AvgIpc) is 2.78. The number of rotatable bonds is 27. The van der Waals surface area contributed by atoms with Crippen molar-refractivity contribution in [3.05, 3.63) is 6.42 Å². The van der Waals surface area contributed by atoms with Crippen molar-refractivity contribution in [2.45, 2.75) is 180 Å². The summed E-state index contributed by atoms with van der Waals surface area (Å²) >= 11 is 0. The summed E-state index contributed by atoms with van der Waals surface area (Å²) in [6.07, 6.45) is 40.1. The molecule has 0 aliphatic carbocycles. The van der Waals surface area contributed by atoms with Crippen molar-refractivity contribution in [1.82, 2.24) is 0 Å². The van der Waals surface area contributed by atoms with Gasteiger partial charge in [-0.3, -0.25) is 0 Å². The first-order valence-electron chi connectivity index (χ1n) is 14.6. The van der Waals surface area contributed by atoms with Crippen LogP contribution in [0.3, 0.4) is 0 Å². The zero-order valence-corrected chi connectivity index (χ0v) is 21.6. The normalized spacial score (nSPS) is 11.1. The molecule has 0 aromatic heterocycles. The Bertz CT molecular complexity index is 343. The molecule has 0 heterocycles. The largest absolute Gasteiger partial charge is 0.198 e. The van der Waals surface area contributed by atoms with E-state index in [1.54, 1.807) is 6.42 Å². The second kappa shape index (κ2) is 29.5. The van der Waals surface area contributed by atoms with E-state index < -0.39 is 0 Å². The van der Waals surface area contributed by atoms with Crippen molar-refractivity contribution in [1.29, 1.82) is 5.26 Å². The molecule has 0 aliphatic heterocycles. The molecule has 0 unspecified atom stereocenters. The average molecular weight is 433 g/mol. The van der Waals surface area contributed by atoms with Crippen LogP contribution in [0.4, 0.5) is 0 Å². The molecule has 1 nitrogen and oxygen atoms in total. The SMILES string of the molecule is CCCCCCCCCCCCCCCCCCCCCCCCCCCC[CH]C#N. The quantitative estimate of drug-likeness (QED) is 0.118. The van der Waals surface area contributed by atoms with Gasteiger partial charge in [-0.05, 0) is 6.42 Å². The van der Waals surface area contributed by atoms with Crippen molar-refractivity contribution in [3.8, 4) is 6.07 Å². The van der Waals surface area contributed by atoms with Gasteiger partial charge < -0.3 is 0 Å². The molecule has 0 saturated carbocycles. The first-order valence-corrected chi connectivity index (χ1v) is 14.6. The molecule has 0 amide bonds.